The van der Waals surface area contributed by atoms with E-state index in [4.69, 9.17) is 23.2 Å². The van der Waals surface area contributed by atoms with Gasteiger partial charge in [0.2, 0.25) is 0 Å². The first-order chi connectivity index (χ1) is 12.2. The lowest BCUT2D eigenvalue weighted by molar-refractivity contribution is -0.149. The molecule has 0 aliphatic heterocycles. The van der Waals surface area contributed by atoms with E-state index in [0.29, 0.717) is 15.6 Å². The first kappa shape index (κ1) is 16.5. The zero-order valence-electron chi connectivity index (χ0n) is 14.2. The van der Waals surface area contributed by atoms with Gasteiger partial charge in [-0.25, -0.2) is 0 Å². The number of aliphatic hydroxyl groups excluding tert-OH is 1. The maximum Gasteiger partial charge on any atom is 0.170 e. The minimum Gasteiger partial charge on any atom is -0.384 e. The Balaban J connectivity index is 1.93. The van der Waals surface area contributed by atoms with Crippen LogP contribution in [0.4, 0.5) is 0 Å². The summed E-state index contributed by atoms with van der Waals surface area (Å²) in [6, 6.07) is 12.7. The van der Waals surface area contributed by atoms with Crippen LogP contribution in [0.2, 0.25) is 10.0 Å². The second-order valence-electron chi connectivity index (χ2n) is 7.97. The first-order valence-electron chi connectivity index (χ1n) is 8.55. The molecule has 2 saturated carbocycles. The van der Waals surface area contributed by atoms with Crippen molar-refractivity contribution in [2.75, 3.05) is 0 Å². The van der Waals surface area contributed by atoms with Gasteiger partial charge in [0.25, 0.3) is 0 Å². The van der Waals surface area contributed by atoms with Crippen molar-refractivity contribution >= 4 is 34.8 Å². The SMILES string of the molecule is CC12C(=O)C3C(C)(C(=O)C1O)C3(c1ccc(Cl)cc1)c1ccc(Cl)cc12. The van der Waals surface area contributed by atoms with E-state index in [2.05, 4.69) is 0 Å². The van der Waals surface area contributed by atoms with Crippen LogP contribution in [0.15, 0.2) is 42.5 Å². The predicted octanol–water partition coefficient (Wildman–Crippen LogP) is 3.70. The molecule has 5 rings (SSSR count). The van der Waals surface area contributed by atoms with Gasteiger partial charge in [-0.1, -0.05) is 48.3 Å². The molecule has 0 spiro atoms. The largest absolute Gasteiger partial charge is 0.384 e. The van der Waals surface area contributed by atoms with Crippen molar-refractivity contribution in [3.05, 3.63) is 69.2 Å². The number of carbonyl (C=O) groups is 2. The monoisotopic (exact) mass is 386 g/mol. The average Bonchev–Trinajstić information content (AvgIpc) is 3.21. The minimum absolute atomic E-state index is 0.0863. The number of ketones is 2. The lowest BCUT2D eigenvalue weighted by Crippen LogP contribution is -2.56. The third kappa shape index (κ3) is 1.43. The molecule has 0 aromatic heterocycles. The molecule has 5 unspecified atom stereocenters. The Morgan fingerprint density at radius 2 is 1.50 bits per heavy atom. The van der Waals surface area contributed by atoms with E-state index in [1.54, 1.807) is 38.1 Å². The quantitative estimate of drug-likeness (QED) is 0.812. The highest BCUT2D eigenvalue weighted by Gasteiger charge is 2.89. The van der Waals surface area contributed by atoms with Crippen LogP contribution < -0.4 is 0 Å². The number of rotatable bonds is 1. The molecule has 0 saturated heterocycles. The van der Waals surface area contributed by atoms with Crippen LogP contribution in [0.1, 0.15) is 30.5 Å². The van der Waals surface area contributed by atoms with Gasteiger partial charge in [-0.15, -0.1) is 0 Å². The molecule has 3 nitrogen and oxygen atoms in total. The number of halogens is 2. The van der Waals surface area contributed by atoms with Gasteiger partial charge in [0.05, 0.1) is 10.8 Å². The van der Waals surface area contributed by atoms with Crippen molar-refractivity contribution in [3.63, 3.8) is 0 Å². The van der Waals surface area contributed by atoms with Crippen LogP contribution in [0.3, 0.4) is 0 Å². The van der Waals surface area contributed by atoms with Gasteiger partial charge in [0, 0.05) is 21.4 Å². The number of benzene rings is 2. The van der Waals surface area contributed by atoms with Gasteiger partial charge in [-0.05, 0) is 47.9 Å². The number of aliphatic hydroxyl groups is 1. The van der Waals surface area contributed by atoms with Crippen molar-refractivity contribution in [2.45, 2.75) is 30.8 Å². The first-order valence-corrected chi connectivity index (χ1v) is 9.30. The van der Waals surface area contributed by atoms with E-state index >= 15 is 0 Å². The fourth-order valence-electron chi connectivity index (χ4n) is 5.74. The van der Waals surface area contributed by atoms with Gasteiger partial charge in [0.1, 0.15) is 6.10 Å². The Morgan fingerprint density at radius 1 is 0.885 bits per heavy atom. The van der Waals surface area contributed by atoms with Crippen LogP contribution in [0.5, 0.6) is 0 Å². The molecule has 2 aromatic rings. The smallest absolute Gasteiger partial charge is 0.170 e. The van der Waals surface area contributed by atoms with E-state index in [1.165, 1.54) is 0 Å². The summed E-state index contributed by atoms with van der Waals surface area (Å²) in [5.74, 6) is -0.838. The molecule has 3 aliphatic rings. The minimum atomic E-state index is -1.37. The lowest BCUT2D eigenvalue weighted by Gasteiger charge is -2.40. The van der Waals surface area contributed by atoms with E-state index in [9.17, 15) is 14.7 Å². The van der Waals surface area contributed by atoms with Gasteiger partial charge < -0.3 is 5.11 Å². The summed E-state index contributed by atoms with van der Waals surface area (Å²) in [6.45, 7) is 3.47. The van der Waals surface area contributed by atoms with Gasteiger partial charge in [0.15, 0.2) is 11.6 Å². The Labute approximate surface area is 160 Å². The Kier molecular flexibility index (Phi) is 2.91. The van der Waals surface area contributed by atoms with E-state index in [0.717, 1.165) is 11.1 Å². The molecule has 0 radical (unpaired) electrons. The van der Waals surface area contributed by atoms with Crippen LogP contribution in [-0.2, 0) is 20.4 Å². The molecule has 2 bridgehead atoms. The van der Waals surface area contributed by atoms with Crippen LogP contribution >= 0.6 is 23.2 Å². The average molecular weight is 387 g/mol. The number of hydrogen-bond donors (Lipinski definition) is 1. The van der Waals surface area contributed by atoms with Crippen molar-refractivity contribution in [2.24, 2.45) is 11.3 Å². The van der Waals surface area contributed by atoms with Crippen molar-refractivity contribution in [1.82, 2.24) is 0 Å². The van der Waals surface area contributed by atoms with Crippen molar-refractivity contribution in [3.8, 4) is 0 Å². The highest BCUT2D eigenvalue weighted by atomic mass is 35.5. The van der Waals surface area contributed by atoms with Crippen molar-refractivity contribution in [1.29, 1.82) is 0 Å². The van der Waals surface area contributed by atoms with Crippen LogP contribution in [0, 0.1) is 11.3 Å². The van der Waals surface area contributed by atoms with E-state index in [1.807, 2.05) is 18.2 Å². The Morgan fingerprint density at radius 3 is 2.15 bits per heavy atom. The lowest BCUT2D eigenvalue weighted by atomic mass is 9.62. The summed E-state index contributed by atoms with van der Waals surface area (Å²) < 4.78 is 0. The summed E-state index contributed by atoms with van der Waals surface area (Å²) in [5, 5.41) is 11.9. The summed E-state index contributed by atoms with van der Waals surface area (Å²) >= 11 is 12.3. The number of carbonyl (C=O) groups excluding carboxylic acids is 2. The summed E-state index contributed by atoms with van der Waals surface area (Å²) in [4.78, 5) is 26.7. The summed E-state index contributed by atoms with van der Waals surface area (Å²) in [6.07, 6.45) is -1.37. The Hall–Kier alpha value is -1.68. The zero-order valence-corrected chi connectivity index (χ0v) is 15.7. The summed E-state index contributed by atoms with van der Waals surface area (Å²) in [7, 11) is 0. The normalized spacial score (nSPS) is 39.6. The molecular weight excluding hydrogens is 371 g/mol. The number of fused-ring (bicyclic) bond motifs is 5. The number of Topliss-reactive ketones (excluding diaryl/α,β-unsaturated/α-hetero) is 2. The molecule has 0 heterocycles. The maximum absolute atomic E-state index is 13.4. The van der Waals surface area contributed by atoms with E-state index < -0.39 is 28.3 Å². The molecule has 5 atom stereocenters. The van der Waals surface area contributed by atoms with Gasteiger partial charge in [-0.2, -0.15) is 0 Å². The topological polar surface area (TPSA) is 54.4 Å². The van der Waals surface area contributed by atoms with Crippen LogP contribution in [0.25, 0.3) is 0 Å². The molecule has 132 valence electrons. The van der Waals surface area contributed by atoms with E-state index in [-0.39, 0.29) is 11.6 Å². The zero-order chi connectivity index (χ0) is 18.6. The maximum atomic E-state index is 13.4. The molecule has 5 heteroatoms. The molecular formula is C21H16Cl2O3. The highest BCUT2D eigenvalue weighted by molar-refractivity contribution is 6.31. The fourth-order valence-corrected chi connectivity index (χ4v) is 6.03. The standard InChI is InChI=1S/C21H16Cl2O3/c1-19-14-9-12(23)7-8-13(14)21(10-3-5-11(22)6-4-10)15(16(19)24)20(21,2)18(26)17(19)25/h3-9,15,17,25H,1-2H3. The van der Waals surface area contributed by atoms with Crippen LogP contribution in [-0.4, -0.2) is 22.8 Å². The third-order valence-electron chi connectivity index (χ3n) is 7.09. The van der Waals surface area contributed by atoms with Gasteiger partial charge >= 0.3 is 0 Å². The molecule has 3 aliphatic carbocycles. The summed E-state index contributed by atoms with van der Waals surface area (Å²) in [5.41, 5.74) is -0.560. The second-order valence-corrected chi connectivity index (χ2v) is 8.85. The predicted molar refractivity (Wildman–Crippen MR) is 98.7 cm³/mol. The van der Waals surface area contributed by atoms with Gasteiger partial charge in [-0.3, -0.25) is 9.59 Å². The fraction of sp³-hybridized carbons (Fsp3) is 0.333. The Bertz CT molecular complexity index is 1010. The molecule has 0 amide bonds. The highest BCUT2D eigenvalue weighted by Crippen LogP contribution is 2.80. The molecule has 2 fully saturated rings. The second kappa shape index (κ2) is 4.59. The molecule has 1 N–H and O–H groups in total. The third-order valence-corrected chi connectivity index (χ3v) is 7.58. The number of hydrogen-bond acceptors (Lipinski definition) is 3. The molecule has 2 aromatic carbocycles. The molecule has 26 heavy (non-hydrogen) atoms. The van der Waals surface area contributed by atoms with Crippen molar-refractivity contribution < 1.29 is 14.7 Å².